The van der Waals surface area contributed by atoms with Gasteiger partial charge in [0.1, 0.15) is 12.1 Å². The lowest BCUT2D eigenvalue weighted by atomic mass is 9.84. The van der Waals surface area contributed by atoms with Crippen molar-refractivity contribution >= 4 is 23.9 Å². The highest BCUT2D eigenvalue weighted by atomic mass is 16.5. The number of rotatable bonds is 8. The summed E-state index contributed by atoms with van der Waals surface area (Å²) in [6.07, 6.45) is 2.47. The van der Waals surface area contributed by atoms with Crippen LogP contribution in [-0.2, 0) is 19.1 Å². The van der Waals surface area contributed by atoms with Crippen LogP contribution in [0.15, 0.2) is 11.6 Å². The van der Waals surface area contributed by atoms with E-state index < -0.39 is 41.5 Å². The second-order valence-electron chi connectivity index (χ2n) is 10.0. The van der Waals surface area contributed by atoms with E-state index in [4.69, 9.17) is 4.74 Å². The van der Waals surface area contributed by atoms with Gasteiger partial charge in [0.15, 0.2) is 0 Å². The summed E-state index contributed by atoms with van der Waals surface area (Å²) in [7, 11) is 1.65. The van der Waals surface area contributed by atoms with Crippen LogP contribution in [0.3, 0.4) is 0 Å². The van der Waals surface area contributed by atoms with Gasteiger partial charge in [0, 0.05) is 19.2 Å². The number of carbonyl (C=O) groups excluding carboxylic acids is 3. The number of ether oxygens (including phenoxy) is 1. The van der Waals surface area contributed by atoms with Gasteiger partial charge in [-0.05, 0) is 44.4 Å². The predicted octanol–water partition coefficient (Wildman–Crippen LogP) is 3.04. The molecule has 1 aliphatic heterocycles. The first-order valence-electron chi connectivity index (χ1n) is 11.6. The van der Waals surface area contributed by atoms with Crippen molar-refractivity contribution < 1.29 is 29.0 Å². The molecule has 33 heavy (non-hydrogen) atoms. The zero-order valence-electron chi connectivity index (χ0n) is 21.3. The van der Waals surface area contributed by atoms with E-state index >= 15 is 0 Å². The number of likely N-dealkylation sites (N-methyl/N-ethyl adjacent to an activating group) is 1. The number of amides is 3. The molecule has 1 aliphatic rings. The summed E-state index contributed by atoms with van der Waals surface area (Å²) in [6, 6.07) is -2.08. The summed E-state index contributed by atoms with van der Waals surface area (Å²) in [5.74, 6) is -1.20. The normalized spacial score (nSPS) is 19.0. The van der Waals surface area contributed by atoms with Gasteiger partial charge in [-0.2, -0.15) is 0 Å². The second-order valence-corrected chi connectivity index (χ2v) is 10.0. The van der Waals surface area contributed by atoms with Gasteiger partial charge in [-0.25, -0.2) is 9.59 Å². The van der Waals surface area contributed by atoms with E-state index in [-0.39, 0.29) is 18.4 Å². The van der Waals surface area contributed by atoms with Gasteiger partial charge >= 0.3 is 12.1 Å². The van der Waals surface area contributed by atoms with Gasteiger partial charge < -0.3 is 20.1 Å². The first-order valence-corrected chi connectivity index (χ1v) is 11.6. The minimum absolute atomic E-state index is 0.000456. The lowest BCUT2D eigenvalue weighted by molar-refractivity contribution is -0.141. The third-order valence-electron chi connectivity index (χ3n) is 5.95. The lowest BCUT2D eigenvalue weighted by Gasteiger charge is -2.39. The third-order valence-corrected chi connectivity index (χ3v) is 5.95. The molecule has 0 aromatic carbocycles. The molecule has 0 spiro atoms. The van der Waals surface area contributed by atoms with Crippen LogP contribution in [0.2, 0.25) is 0 Å². The molecule has 188 valence electrons. The highest BCUT2D eigenvalue weighted by Crippen LogP contribution is 2.25. The van der Waals surface area contributed by atoms with Crippen LogP contribution in [0.1, 0.15) is 67.7 Å². The number of hydrogen-bond acceptors (Lipinski definition) is 5. The molecule has 0 radical (unpaired) electrons. The highest BCUT2D eigenvalue weighted by Gasteiger charge is 2.40. The Morgan fingerprint density at radius 3 is 2.30 bits per heavy atom. The van der Waals surface area contributed by atoms with Gasteiger partial charge in [-0.1, -0.05) is 40.7 Å². The number of carbonyl (C=O) groups is 4. The van der Waals surface area contributed by atoms with Crippen molar-refractivity contribution in [1.82, 2.24) is 15.1 Å². The number of piperidine rings is 1. The molecule has 0 aliphatic carbocycles. The van der Waals surface area contributed by atoms with E-state index in [1.165, 1.54) is 0 Å². The zero-order valence-corrected chi connectivity index (χ0v) is 21.3. The van der Waals surface area contributed by atoms with Gasteiger partial charge in [0.25, 0.3) is 0 Å². The van der Waals surface area contributed by atoms with Crippen LogP contribution in [-0.4, -0.2) is 77.1 Å². The Labute approximate surface area is 197 Å². The lowest BCUT2D eigenvalue weighted by Crippen LogP contribution is -2.60. The van der Waals surface area contributed by atoms with Crippen molar-refractivity contribution in [1.29, 1.82) is 0 Å². The van der Waals surface area contributed by atoms with Crippen molar-refractivity contribution in [2.45, 2.75) is 85.9 Å². The van der Waals surface area contributed by atoms with Crippen LogP contribution in [0.5, 0.6) is 0 Å². The number of nitrogens with one attached hydrogen (secondary N) is 1. The summed E-state index contributed by atoms with van der Waals surface area (Å²) in [4.78, 5) is 53.0. The van der Waals surface area contributed by atoms with E-state index in [0.717, 1.165) is 11.3 Å². The number of hydrogen-bond donors (Lipinski definition) is 2. The molecule has 0 aromatic heterocycles. The van der Waals surface area contributed by atoms with E-state index in [0.29, 0.717) is 25.0 Å². The molecule has 1 rings (SSSR count). The molecule has 3 amide bonds. The summed E-state index contributed by atoms with van der Waals surface area (Å²) in [5, 5.41) is 12.3. The smallest absolute Gasteiger partial charge is 0.407 e. The molecule has 0 saturated carbocycles. The average molecular weight is 468 g/mol. The van der Waals surface area contributed by atoms with Gasteiger partial charge in [0.05, 0.1) is 12.6 Å². The molecule has 1 saturated heterocycles. The maximum atomic E-state index is 13.6. The largest absolute Gasteiger partial charge is 0.465 e. The number of esters is 1. The highest BCUT2D eigenvalue weighted by molar-refractivity contribution is 5.92. The molecule has 0 bridgehead atoms. The molecule has 0 unspecified atom stereocenters. The van der Waals surface area contributed by atoms with Crippen molar-refractivity contribution in [3.05, 3.63) is 11.6 Å². The maximum absolute atomic E-state index is 13.6. The van der Waals surface area contributed by atoms with Crippen molar-refractivity contribution in [3.8, 4) is 0 Å². The molecule has 3 atom stereocenters. The number of carboxylic acid groups (broad SMARTS) is 1. The minimum atomic E-state index is -1.13. The van der Waals surface area contributed by atoms with Crippen LogP contribution >= 0.6 is 0 Å². The summed E-state index contributed by atoms with van der Waals surface area (Å²) in [6.45, 7) is 13.4. The zero-order chi connectivity index (χ0) is 25.5. The van der Waals surface area contributed by atoms with E-state index in [1.807, 2.05) is 34.6 Å². The maximum Gasteiger partial charge on any atom is 0.407 e. The molecule has 9 nitrogen and oxygen atoms in total. The Morgan fingerprint density at radius 1 is 1.21 bits per heavy atom. The van der Waals surface area contributed by atoms with Crippen LogP contribution in [0.25, 0.3) is 0 Å². The van der Waals surface area contributed by atoms with Gasteiger partial charge in [-0.15, -0.1) is 0 Å². The molecular weight excluding hydrogens is 426 g/mol. The van der Waals surface area contributed by atoms with Crippen LogP contribution < -0.4 is 5.32 Å². The summed E-state index contributed by atoms with van der Waals surface area (Å²) >= 11 is 0. The fourth-order valence-electron chi connectivity index (χ4n) is 3.99. The summed E-state index contributed by atoms with van der Waals surface area (Å²) in [5.41, 5.74) is -0.212. The standard InChI is InChI=1S/C24H41N3O6/c1-9-33-22(30)16(4)14-18(15(2)3)26(8)21(29)19(24(5,6)7)25-20(28)17-12-10-11-13-27(17)23(31)32/h14-15,17-19H,9-13H2,1-8H3,(H,25,28)(H,31,32)/t17-,18-,19-/m1/s1. The molecule has 9 heteroatoms. The molecule has 2 N–H and O–H groups in total. The van der Waals surface area contributed by atoms with Crippen molar-refractivity contribution in [2.24, 2.45) is 11.3 Å². The third kappa shape index (κ3) is 7.75. The summed E-state index contributed by atoms with van der Waals surface area (Å²) < 4.78 is 5.06. The number of likely N-dealkylation sites (tertiary alicyclic amines) is 1. The van der Waals surface area contributed by atoms with E-state index in [1.54, 1.807) is 31.9 Å². The quantitative estimate of drug-likeness (QED) is 0.419. The topological polar surface area (TPSA) is 116 Å². The fraction of sp³-hybridized carbons (Fsp3) is 0.750. The molecule has 1 fully saturated rings. The van der Waals surface area contributed by atoms with Crippen LogP contribution in [0.4, 0.5) is 4.79 Å². The van der Waals surface area contributed by atoms with Gasteiger partial charge in [0.2, 0.25) is 11.8 Å². The minimum Gasteiger partial charge on any atom is -0.465 e. The Kier molecular flexibility index (Phi) is 10.4. The molecule has 1 heterocycles. The van der Waals surface area contributed by atoms with Crippen LogP contribution in [0, 0.1) is 11.3 Å². The number of nitrogens with zero attached hydrogens (tertiary/aromatic N) is 2. The Hall–Kier alpha value is -2.58. The Balaban J connectivity index is 3.16. The monoisotopic (exact) mass is 467 g/mol. The van der Waals surface area contributed by atoms with Gasteiger partial charge in [-0.3, -0.25) is 14.5 Å². The first kappa shape index (κ1) is 28.5. The Bertz CT molecular complexity index is 756. The molecular formula is C24H41N3O6. The predicted molar refractivity (Wildman–Crippen MR) is 126 cm³/mol. The van der Waals surface area contributed by atoms with Crippen molar-refractivity contribution in [2.75, 3.05) is 20.2 Å². The Morgan fingerprint density at radius 2 is 1.82 bits per heavy atom. The molecule has 0 aromatic rings. The SMILES string of the molecule is CCOC(=O)C(C)=C[C@H](C(C)C)N(C)C(=O)[C@@H](NC(=O)[C@H]1CCCCN1C(=O)O)C(C)(C)C. The average Bonchev–Trinajstić information content (AvgIpc) is 2.73. The first-order chi connectivity index (χ1) is 15.2. The van der Waals surface area contributed by atoms with Crippen molar-refractivity contribution in [3.63, 3.8) is 0 Å². The fourth-order valence-corrected chi connectivity index (χ4v) is 3.99. The van der Waals surface area contributed by atoms with E-state index in [2.05, 4.69) is 5.32 Å². The second kappa shape index (κ2) is 12.0. The van der Waals surface area contributed by atoms with E-state index in [9.17, 15) is 24.3 Å².